The fraction of sp³-hybridized carbons (Fsp3) is 0.368. The summed E-state index contributed by atoms with van der Waals surface area (Å²) in [7, 11) is 0. The van der Waals surface area contributed by atoms with Gasteiger partial charge in [0, 0.05) is 0 Å². The molecule has 2 rings (SSSR count). The fourth-order valence-electron chi connectivity index (χ4n) is 2.35. The lowest BCUT2D eigenvalue weighted by Gasteiger charge is -2.14. The first-order valence-electron chi connectivity index (χ1n) is 7.59. The Morgan fingerprint density at radius 1 is 1.00 bits per heavy atom. The molecule has 1 atom stereocenters. The van der Waals surface area contributed by atoms with Crippen LogP contribution < -0.4 is 4.74 Å². The molecule has 2 aromatic carbocycles. The van der Waals surface area contributed by atoms with Crippen molar-refractivity contribution in [2.24, 2.45) is 0 Å². The van der Waals surface area contributed by atoms with Crippen LogP contribution >= 0.6 is 11.6 Å². The standard InChI is InChI=1S/C19H23ClO/c1-4-6-15-9-11-16(12-10-15)19(20)17-7-5-8-18(13-17)21-14(2)3/h5,7-14,19H,4,6H2,1-3H3. The van der Waals surface area contributed by atoms with Crippen LogP contribution in [0.3, 0.4) is 0 Å². The van der Waals surface area contributed by atoms with E-state index in [0.29, 0.717) is 0 Å². The quantitative estimate of drug-likeness (QED) is 0.617. The topological polar surface area (TPSA) is 9.23 Å². The van der Waals surface area contributed by atoms with Crippen LogP contribution in [0.2, 0.25) is 0 Å². The van der Waals surface area contributed by atoms with Crippen LogP contribution in [0.25, 0.3) is 0 Å². The molecular formula is C19H23ClO. The summed E-state index contributed by atoms with van der Waals surface area (Å²) in [6.07, 6.45) is 2.45. The van der Waals surface area contributed by atoms with Crippen molar-refractivity contribution in [3.8, 4) is 5.75 Å². The number of aryl methyl sites for hydroxylation is 1. The van der Waals surface area contributed by atoms with Gasteiger partial charge in [-0.3, -0.25) is 0 Å². The van der Waals surface area contributed by atoms with Gasteiger partial charge in [-0.2, -0.15) is 0 Å². The molecule has 0 bridgehead atoms. The number of rotatable bonds is 6. The molecule has 0 aliphatic carbocycles. The predicted molar refractivity (Wildman–Crippen MR) is 90.3 cm³/mol. The van der Waals surface area contributed by atoms with Gasteiger partial charge in [-0.15, -0.1) is 11.6 Å². The molecule has 0 saturated carbocycles. The second-order valence-electron chi connectivity index (χ2n) is 5.59. The fourth-order valence-corrected chi connectivity index (χ4v) is 2.63. The van der Waals surface area contributed by atoms with Gasteiger partial charge in [0.1, 0.15) is 5.75 Å². The zero-order chi connectivity index (χ0) is 15.2. The van der Waals surface area contributed by atoms with Gasteiger partial charge in [0.2, 0.25) is 0 Å². The zero-order valence-corrected chi connectivity index (χ0v) is 13.7. The van der Waals surface area contributed by atoms with Gasteiger partial charge in [0.15, 0.2) is 0 Å². The van der Waals surface area contributed by atoms with Crippen LogP contribution in [0.5, 0.6) is 5.75 Å². The molecule has 1 unspecified atom stereocenters. The third-order valence-corrected chi connectivity index (χ3v) is 3.84. The van der Waals surface area contributed by atoms with E-state index < -0.39 is 0 Å². The van der Waals surface area contributed by atoms with E-state index in [0.717, 1.165) is 29.7 Å². The van der Waals surface area contributed by atoms with Crippen LogP contribution in [-0.4, -0.2) is 6.10 Å². The number of benzene rings is 2. The normalized spacial score (nSPS) is 12.4. The Bertz CT molecular complexity index is 560. The first-order chi connectivity index (χ1) is 10.1. The highest BCUT2D eigenvalue weighted by atomic mass is 35.5. The molecule has 0 spiro atoms. The summed E-state index contributed by atoms with van der Waals surface area (Å²) >= 11 is 6.61. The Kier molecular flexibility index (Phi) is 5.69. The Labute approximate surface area is 132 Å². The molecule has 0 saturated heterocycles. The van der Waals surface area contributed by atoms with Crippen molar-refractivity contribution in [1.29, 1.82) is 0 Å². The molecule has 0 fully saturated rings. The minimum absolute atomic E-state index is 0.142. The van der Waals surface area contributed by atoms with Gasteiger partial charge in [-0.05, 0) is 49.1 Å². The lowest BCUT2D eigenvalue weighted by atomic mass is 10.0. The van der Waals surface area contributed by atoms with E-state index in [1.54, 1.807) is 0 Å². The minimum Gasteiger partial charge on any atom is -0.491 e. The van der Waals surface area contributed by atoms with Crippen LogP contribution in [0.1, 0.15) is 49.3 Å². The van der Waals surface area contributed by atoms with Crippen molar-refractivity contribution >= 4 is 11.6 Å². The molecule has 112 valence electrons. The molecule has 0 aliphatic heterocycles. The van der Waals surface area contributed by atoms with Gasteiger partial charge >= 0.3 is 0 Å². The Hall–Kier alpha value is -1.47. The first-order valence-corrected chi connectivity index (χ1v) is 8.03. The summed E-state index contributed by atoms with van der Waals surface area (Å²) < 4.78 is 5.73. The van der Waals surface area contributed by atoms with Crippen molar-refractivity contribution in [2.45, 2.75) is 45.1 Å². The van der Waals surface area contributed by atoms with Crippen LogP contribution in [0.15, 0.2) is 48.5 Å². The zero-order valence-electron chi connectivity index (χ0n) is 13.0. The number of hydrogen-bond donors (Lipinski definition) is 0. The van der Waals surface area contributed by atoms with Gasteiger partial charge in [0.25, 0.3) is 0 Å². The third kappa shape index (κ3) is 4.50. The second kappa shape index (κ2) is 7.51. The van der Waals surface area contributed by atoms with Crippen LogP contribution in [0.4, 0.5) is 0 Å². The maximum atomic E-state index is 6.61. The number of hydrogen-bond acceptors (Lipinski definition) is 1. The molecule has 0 aromatic heterocycles. The molecule has 0 heterocycles. The average molecular weight is 303 g/mol. The largest absolute Gasteiger partial charge is 0.491 e. The number of ether oxygens (including phenoxy) is 1. The number of alkyl halides is 1. The molecule has 0 aliphatic rings. The first kappa shape index (κ1) is 15.9. The monoisotopic (exact) mass is 302 g/mol. The van der Waals surface area contributed by atoms with Crippen LogP contribution in [0, 0.1) is 0 Å². The van der Waals surface area contributed by atoms with E-state index in [1.165, 1.54) is 5.56 Å². The number of halogens is 1. The van der Waals surface area contributed by atoms with E-state index in [4.69, 9.17) is 16.3 Å². The lowest BCUT2D eigenvalue weighted by molar-refractivity contribution is 0.242. The predicted octanol–water partition coefficient (Wildman–Crippen LogP) is 5.75. The summed E-state index contributed by atoms with van der Waals surface area (Å²) in [6, 6.07) is 16.6. The molecule has 1 nitrogen and oxygen atoms in total. The van der Waals surface area contributed by atoms with Gasteiger partial charge in [-0.1, -0.05) is 49.7 Å². The highest BCUT2D eigenvalue weighted by Crippen LogP contribution is 2.31. The highest BCUT2D eigenvalue weighted by molar-refractivity contribution is 6.22. The van der Waals surface area contributed by atoms with Crippen molar-refractivity contribution in [1.82, 2.24) is 0 Å². The van der Waals surface area contributed by atoms with Crippen molar-refractivity contribution in [3.63, 3.8) is 0 Å². The maximum absolute atomic E-state index is 6.61. The Morgan fingerprint density at radius 3 is 2.33 bits per heavy atom. The molecule has 0 amide bonds. The summed E-state index contributed by atoms with van der Waals surface area (Å²) in [5, 5.41) is -0.142. The lowest BCUT2D eigenvalue weighted by Crippen LogP contribution is -2.06. The average Bonchev–Trinajstić information content (AvgIpc) is 2.47. The van der Waals surface area contributed by atoms with Gasteiger partial charge < -0.3 is 4.74 Å². The smallest absolute Gasteiger partial charge is 0.120 e. The molecule has 21 heavy (non-hydrogen) atoms. The molecule has 0 radical (unpaired) electrons. The van der Waals surface area contributed by atoms with Crippen LogP contribution in [-0.2, 0) is 6.42 Å². The minimum atomic E-state index is -0.142. The van der Waals surface area contributed by atoms with Gasteiger partial charge in [-0.25, -0.2) is 0 Å². The molecule has 2 aromatic rings. The SMILES string of the molecule is CCCc1ccc(C(Cl)c2cccc(OC(C)C)c2)cc1. The van der Waals surface area contributed by atoms with Crippen molar-refractivity contribution in [3.05, 3.63) is 65.2 Å². The third-order valence-electron chi connectivity index (χ3n) is 3.33. The van der Waals surface area contributed by atoms with E-state index in [1.807, 2.05) is 38.1 Å². The maximum Gasteiger partial charge on any atom is 0.120 e. The van der Waals surface area contributed by atoms with E-state index in [2.05, 4.69) is 31.2 Å². The van der Waals surface area contributed by atoms with E-state index in [-0.39, 0.29) is 11.5 Å². The van der Waals surface area contributed by atoms with Crippen molar-refractivity contribution < 1.29 is 4.74 Å². The Balaban J connectivity index is 2.16. The molecular weight excluding hydrogens is 280 g/mol. The van der Waals surface area contributed by atoms with E-state index in [9.17, 15) is 0 Å². The molecule has 0 N–H and O–H groups in total. The second-order valence-corrected chi connectivity index (χ2v) is 6.03. The van der Waals surface area contributed by atoms with Gasteiger partial charge in [0.05, 0.1) is 11.5 Å². The molecule has 2 heteroatoms. The summed E-state index contributed by atoms with van der Waals surface area (Å²) in [5.74, 6) is 0.871. The summed E-state index contributed by atoms with van der Waals surface area (Å²) in [5.41, 5.74) is 3.55. The van der Waals surface area contributed by atoms with Crippen molar-refractivity contribution in [2.75, 3.05) is 0 Å². The summed E-state index contributed by atoms with van der Waals surface area (Å²) in [6.45, 7) is 6.24. The highest BCUT2D eigenvalue weighted by Gasteiger charge is 2.12. The van der Waals surface area contributed by atoms with E-state index >= 15 is 0 Å². The summed E-state index contributed by atoms with van der Waals surface area (Å²) in [4.78, 5) is 0. The Morgan fingerprint density at radius 2 is 1.71 bits per heavy atom.